The maximum absolute atomic E-state index is 12.1. The van der Waals surface area contributed by atoms with E-state index in [2.05, 4.69) is 15.5 Å². The first-order chi connectivity index (χ1) is 9.15. The van der Waals surface area contributed by atoms with Crippen LogP contribution in [0.1, 0.15) is 12.8 Å². The van der Waals surface area contributed by atoms with Crippen molar-refractivity contribution in [1.29, 1.82) is 0 Å². The van der Waals surface area contributed by atoms with Gasteiger partial charge in [0.2, 0.25) is 5.91 Å². The van der Waals surface area contributed by atoms with Crippen molar-refractivity contribution in [2.75, 3.05) is 13.1 Å². The number of rotatable bonds is 4. The summed E-state index contributed by atoms with van der Waals surface area (Å²) in [5, 5.41) is 19.8. The lowest BCUT2D eigenvalue weighted by Crippen LogP contribution is -2.33. The molecule has 0 aromatic carbocycles. The molecule has 1 saturated heterocycles. The average Bonchev–Trinajstić information content (AvgIpc) is 2.92. The lowest BCUT2D eigenvalue weighted by molar-refractivity contribution is -0.142. The number of tetrazole rings is 1. The number of aliphatic carboxylic acids is 1. The third-order valence-corrected chi connectivity index (χ3v) is 3.95. The Labute approximate surface area is 109 Å². The van der Waals surface area contributed by atoms with Crippen molar-refractivity contribution in [3.8, 4) is 0 Å². The molecule has 2 fully saturated rings. The highest BCUT2D eigenvalue weighted by molar-refractivity contribution is 5.78. The summed E-state index contributed by atoms with van der Waals surface area (Å²) in [5.41, 5.74) is 0. The molecule has 0 spiro atoms. The number of amides is 1. The molecule has 1 aromatic heterocycles. The predicted molar refractivity (Wildman–Crippen MR) is 61.7 cm³/mol. The third kappa shape index (κ3) is 2.42. The molecular weight excluding hydrogens is 250 g/mol. The van der Waals surface area contributed by atoms with Crippen LogP contribution < -0.4 is 0 Å². The van der Waals surface area contributed by atoms with Crippen LogP contribution in [-0.2, 0) is 16.1 Å². The molecule has 1 N–H and O–H groups in total. The maximum Gasteiger partial charge on any atom is 0.308 e. The Morgan fingerprint density at radius 2 is 2.11 bits per heavy atom. The molecule has 0 unspecified atom stereocenters. The quantitative estimate of drug-likeness (QED) is 0.768. The van der Waals surface area contributed by atoms with Crippen molar-refractivity contribution in [2.24, 2.45) is 17.8 Å². The molecule has 0 radical (unpaired) electrons. The lowest BCUT2D eigenvalue weighted by atomic mass is 9.92. The Morgan fingerprint density at radius 3 is 2.68 bits per heavy atom. The van der Waals surface area contributed by atoms with Gasteiger partial charge < -0.3 is 10.0 Å². The molecule has 8 nitrogen and oxygen atoms in total. The summed E-state index contributed by atoms with van der Waals surface area (Å²) in [5.74, 6) is -0.760. The SMILES string of the molecule is O=C(O)[C@H]1CN(C(=O)Cn2cnnn2)C[C@@H]1C1CC1. The summed E-state index contributed by atoms with van der Waals surface area (Å²) >= 11 is 0. The molecule has 1 aliphatic heterocycles. The maximum atomic E-state index is 12.1. The zero-order valence-electron chi connectivity index (χ0n) is 10.3. The molecule has 1 saturated carbocycles. The van der Waals surface area contributed by atoms with Crippen molar-refractivity contribution in [3.63, 3.8) is 0 Å². The van der Waals surface area contributed by atoms with E-state index >= 15 is 0 Å². The van der Waals surface area contributed by atoms with E-state index in [0.29, 0.717) is 19.0 Å². The highest BCUT2D eigenvalue weighted by Crippen LogP contribution is 2.44. The van der Waals surface area contributed by atoms with E-state index in [0.717, 1.165) is 12.8 Å². The van der Waals surface area contributed by atoms with Gasteiger partial charge in [-0.05, 0) is 35.1 Å². The van der Waals surface area contributed by atoms with E-state index in [1.54, 1.807) is 4.90 Å². The molecule has 2 atom stereocenters. The predicted octanol–water partition coefficient (Wildman–Crippen LogP) is -0.758. The molecule has 3 rings (SSSR count). The molecule has 1 aliphatic carbocycles. The van der Waals surface area contributed by atoms with E-state index in [1.165, 1.54) is 11.0 Å². The van der Waals surface area contributed by atoms with Gasteiger partial charge in [0.1, 0.15) is 12.9 Å². The van der Waals surface area contributed by atoms with Gasteiger partial charge in [-0.2, -0.15) is 0 Å². The van der Waals surface area contributed by atoms with Crippen LogP contribution in [0, 0.1) is 17.8 Å². The fraction of sp³-hybridized carbons (Fsp3) is 0.727. The molecule has 2 aliphatic rings. The molecule has 102 valence electrons. The summed E-state index contributed by atoms with van der Waals surface area (Å²) in [7, 11) is 0. The monoisotopic (exact) mass is 265 g/mol. The van der Waals surface area contributed by atoms with Gasteiger partial charge in [-0.25, -0.2) is 4.68 Å². The minimum absolute atomic E-state index is 0.0662. The van der Waals surface area contributed by atoms with E-state index in [9.17, 15) is 14.7 Å². The molecule has 0 bridgehead atoms. The first kappa shape index (κ1) is 12.1. The van der Waals surface area contributed by atoms with Crippen LogP contribution in [0.3, 0.4) is 0 Å². The average molecular weight is 265 g/mol. The second kappa shape index (κ2) is 4.60. The van der Waals surface area contributed by atoms with E-state index in [1.807, 2.05) is 0 Å². The zero-order valence-corrected chi connectivity index (χ0v) is 10.3. The minimum Gasteiger partial charge on any atom is -0.481 e. The second-order valence-corrected chi connectivity index (χ2v) is 5.25. The van der Waals surface area contributed by atoms with Crippen molar-refractivity contribution < 1.29 is 14.7 Å². The van der Waals surface area contributed by atoms with Crippen LogP contribution in [0.2, 0.25) is 0 Å². The summed E-state index contributed by atoms with van der Waals surface area (Å²) in [4.78, 5) is 25.0. The van der Waals surface area contributed by atoms with E-state index in [4.69, 9.17) is 0 Å². The molecular formula is C11H15N5O3. The van der Waals surface area contributed by atoms with Gasteiger partial charge in [0.15, 0.2) is 0 Å². The molecule has 2 heterocycles. The van der Waals surface area contributed by atoms with Crippen LogP contribution in [0.25, 0.3) is 0 Å². The summed E-state index contributed by atoms with van der Waals surface area (Å²) in [6.07, 6.45) is 3.55. The number of hydrogen-bond donors (Lipinski definition) is 1. The van der Waals surface area contributed by atoms with Crippen molar-refractivity contribution in [1.82, 2.24) is 25.1 Å². The Balaban J connectivity index is 1.65. The fourth-order valence-electron chi connectivity index (χ4n) is 2.79. The fourth-order valence-corrected chi connectivity index (χ4v) is 2.79. The second-order valence-electron chi connectivity index (χ2n) is 5.25. The zero-order chi connectivity index (χ0) is 13.4. The number of carboxylic acids is 1. The number of carbonyl (C=O) groups excluding carboxylic acids is 1. The number of nitrogens with zero attached hydrogens (tertiary/aromatic N) is 5. The Kier molecular flexibility index (Phi) is 2.92. The molecule has 19 heavy (non-hydrogen) atoms. The van der Waals surface area contributed by atoms with Crippen molar-refractivity contribution in [2.45, 2.75) is 19.4 Å². The van der Waals surface area contributed by atoms with Gasteiger partial charge in [0.25, 0.3) is 0 Å². The first-order valence-corrected chi connectivity index (χ1v) is 6.36. The van der Waals surface area contributed by atoms with Crippen LogP contribution in [0.4, 0.5) is 0 Å². The van der Waals surface area contributed by atoms with E-state index in [-0.39, 0.29) is 18.4 Å². The molecule has 1 aromatic rings. The standard InChI is InChI=1S/C11H15N5O3/c17-10(5-16-6-12-13-14-16)15-3-8(7-1-2-7)9(4-15)11(18)19/h6-9H,1-5H2,(H,18,19)/t8-,9+/m1/s1. The number of carboxylic acid groups (broad SMARTS) is 1. The number of aromatic nitrogens is 4. The number of carbonyl (C=O) groups is 2. The topological polar surface area (TPSA) is 101 Å². The third-order valence-electron chi connectivity index (χ3n) is 3.95. The smallest absolute Gasteiger partial charge is 0.308 e. The van der Waals surface area contributed by atoms with Crippen LogP contribution >= 0.6 is 0 Å². The Morgan fingerprint density at radius 1 is 1.32 bits per heavy atom. The normalized spacial score (nSPS) is 26.6. The van der Waals surface area contributed by atoms with Crippen molar-refractivity contribution >= 4 is 11.9 Å². The minimum atomic E-state index is -0.797. The van der Waals surface area contributed by atoms with Gasteiger partial charge in [-0.15, -0.1) is 5.10 Å². The van der Waals surface area contributed by atoms with Gasteiger partial charge in [0.05, 0.1) is 5.92 Å². The van der Waals surface area contributed by atoms with Crippen LogP contribution in [-0.4, -0.2) is 55.2 Å². The highest BCUT2D eigenvalue weighted by atomic mass is 16.4. The number of hydrogen-bond acceptors (Lipinski definition) is 5. The van der Waals surface area contributed by atoms with Gasteiger partial charge in [-0.1, -0.05) is 0 Å². The van der Waals surface area contributed by atoms with Crippen LogP contribution in [0.15, 0.2) is 6.33 Å². The van der Waals surface area contributed by atoms with Gasteiger partial charge in [-0.3, -0.25) is 9.59 Å². The van der Waals surface area contributed by atoms with Gasteiger partial charge >= 0.3 is 5.97 Å². The van der Waals surface area contributed by atoms with Crippen LogP contribution in [0.5, 0.6) is 0 Å². The summed E-state index contributed by atoms with van der Waals surface area (Å²) < 4.78 is 1.35. The molecule has 1 amide bonds. The Hall–Kier alpha value is -1.99. The molecule has 8 heteroatoms. The highest BCUT2D eigenvalue weighted by Gasteiger charge is 2.46. The largest absolute Gasteiger partial charge is 0.481 e. The Bertz CT molecular complexity index is 485. The summed E-state index contributed by atoms with van der Waals surface area (Å²) in [6, 6.07) is 0. The lowest BCUT2D eigenvalue weighted by Gasteiger charge is -2.15. The summed E-state index contributed by atoms with van der Waals surface area (Å²) in [6.45, 7) is 0.913. The van der Waals surface area contributed by atoms with Crippen molar-refractivity contribution in [3.05, 3.63) is 6.33 Å². The van der Waals surface area contributed by atoms with E-state index < -0.39 is 11.9 Å². The van der Waals surface area contributed by atoms with Gasteiger partial charge in [0, 0.05) is 13.1 Å². The number of likely N-dealkylation sites (tertiary alicyclic amines) is 1. The first-order valence-electron chi connectivity index (χ1n) is 6.36.